The van der Waals surface area contributed by atoms with Crippen LogP contribution in [0.2, 0.25) is 0 Å². The summed E-state index contributed by atoms with van der Waals surface area (Å²) >= 11 is 0. The third kappa shape index (κ3) is 7.07. The van der Waals surface area contributed by atoms with Crippen molar-refractivity contribution < 1.29 is 9.53 Å². The van der Waals surface area contributed by atoms with Crippen LogP contribution >= 0.6 is 0 Å². The average Bonchev–Trinajstić information content (AvgIpc) is 3.08. The van der Waals surface area contributed by atoms with E-state index in [-0.39, 0.29) is 6.09 Å². The van der Waals surface area contributed by atoms with Crippen LogP contribution in [-0.4, -0.2) is 30.8 Å². The topological polar surface area (TPSA) is 50.4 Å². The lowest BCUT2D eigenvalue weighted by molar-refractivity contribution is 0.0518. The van der Waals surface area contributed by atoms with Crippen molar-refractivity contribution in [3.05, 3.63) is 35.9 Å². The minimum absolute atomic E-state index is 0.307. The van der Waals surface area contributed by atoms with Crippen LogP contribution in [0.4, 0.5) is 4.79 Å². The van der Waals surface area contributed by atoms with Crippen LogP contribution in [0.1, 0.15) is 64.9 Å². The molecular weight excluding hydrogens is 312 g/mol. The van der Waals surface area contributed by atoms with Crippen molar-refractivity contribution in [2.45, 2.75) is 70.9 Å². The summed E-state index contributed by atoms with van der Waals surface area (Å²) in [5.41, 5.74) is 0.891. The van der Waals surface area contributed by atoms with Crippen molar-refractivity contribution in [2.75, 3.05) is 13.1 Å². The van der Waals surface area contributed by atoms with Gasteiger partial charge < -0.3 is 15.4 Å². The first kappa shape index (κ1) is 19.8. The Hall–Kier alpha value is -1.55. The molecule has 1 aliphatic rings. The van der Waals surface area contributed by atoms with Crippen molar-refractivity contribution in [2.24, 2.45) is 5.92 Å². The molecule has 25 heavy (non-hydrogen) atoms. The van der Waals surface area contributed by atoms with Gasteiger partial charge in [0.05, 0.1) is 0 Å². The lowest BCUT2D eigenvalue weighted by atomic mass is 9.96. The summed E-state index contributed by atoms with van der Waals surface area (Å²) < 4.78 is 5.37. The van der Waals surface area contributed by atoms with Gasteiger partial charge in [0, 0.05) is 19.1 Å². The van der Waals surface area contributed by atoms with E-state index in [0.29, 0.717) is 24.4 Å². The van der Waals surface area contributed by atoms with Crippen molar-refractivity contribution in [1.82, 2.24) is 10.6 Å². The Morgan fingerprint density at radius 3 is 2.40 bits per heavy atom. The van der Waals surface area contributed by atoms with E-state index in [4.69, 9.17) is 4.74 Å². The first-order valence-corrected chi connectivity index (χ1v) is 9.60. The predicted molar refractivity (Wildman–Crippen MR) is 103 cm³/mol. The highest BCUT2D eigenvalue weighted by molar-refractivity contribution is 5.67. The zero-order valence-electron chi connectivity index (χ0n) is 16.2. The number of hydrogen-bond donors (Lipinski definition) is 2. The Labute approximate surface area is 152 Å². The summed E-state index contributed by atoms with van der Waals surface area (Å²) in [5.74, 6) is 1.09. The van der Waals surface area contributed by atoms with Gasteiger partial charge in [-0.1, -0.05) is 50.1 Å². The number of benzene rings is 1. The van der Waals surface area contributed by atoms with Crippen molar-refractivity contribution >= 4 is 6.09 Å². The van der Waals surface area contributed by atoms with Crippen LogP contribution in [0.15, 0.2) is 30.3 Å². The molecule has 0 spiro atoms. The van der Waals surface area contributed by atoms with Gasteiger partial charge in [-0.2, -0.15) is 0 Å². The van der Waals surface area contributed by atoms with Crippen molar-refractivity contribution in [1.29, 1.82) is 0 Å². The molecule has 2 rings (SSSR count). The van der Waals surface area contributed by atoms with E-state index in [9.17, 15) is 4.79 Å². The van der Waals surface area contributed by atoms with E-state index in [2.05, 4.69) is 47.9 Å². The van der Waals surface area contributed by atoms with E-state index < -0.39 is 5.60 Å². The molecule has 140 valence electrons. The number of ether oxygens (including phenoxy) is 1. The Kier molecular flexibility index (Phi) is 7.30. The maximum atomic E-state index is 12.0. The molecule has 0 aromatic heterocycles. The molecule has 0 heterocycles. The van der Waals surface area contributed by atoms with Crippen LogP contribution in [-0.2, 0) is 4.74 Å². The molecule has 2 atom stereocenters. The van der Waals surface area contributed by atoms with Crippen molar-refractivity contribution in [3.8, 4) is 0 Å². The highest BCUT2D eigenvalue weighted by Gasteiger charge is 2.26. The summed E-state index contributed by atoms with van der Waals surface area (Å²) in [6.07, 6.45) is 4.75. The van der Waals surface area contributed by atoms with E-state index in [0.717, 1.165) is 6.54 Å². The maximum Gasteiger partial charge on any atom is 0.407 e. The molecule has 1 aromatic rings. The van der Waals surface area contributed by atoms with E-state index in [1.165, 1.54) is 31.2 Å². The van der Waals surface area contributed by atoms with Crippen LogP contribution in [0, 0.1) is 5.92 Å². The van der Waals surface area contributed by atoms with E-state index in [1.807, 2.05) is 20.8 Å². The normalized spacial score (nSPS) is 17.9. The molecule has 1 aliphatic carbocycles. The lowest BCUT2D eigenvalue weighted by Crippen LogP contribution is -2.47. The number of carbonyl (C=O) groups is 1. The second-order valence-electron chi connectivity index (χ2n) is 8.25. The van der Waals surface area contributed by atoms with Gasteiger partial charge in [0.2, 0.25) is 0 Å². The van der Waals surface area contributed by atoms with Crippen LogP contribution in [0.3, 0.4) is 0 Å². The summed E-state index contributed by atoms with van der Waals surface area (Å²) in [7, 11) is 0. The molecule has 0 bridgehead atoms. The summed E-state index contributed by atoms with van der Waals surface area (Å²) in [4.78, 5) is 12.0. The zero-order valence-corrected chi connectivity index (χ0v) is 16.2. The molecule has 4 nitrogen and oxygen atoms in total. The minimum atomic E-state index is -0.456. The number of alkyl carbamates (subject to hydrolysis) is 1. The molecular formula is C21H34N2O2. The van der Waals surface area contributed by atoms with Gasteiger partial charge in [-0.3, -0.25) is 0 Å². The molecule has 0 saturated heterocycles. The van der Waals surface area contributed by atoms with E-state index >= 15 is 0 Å². The molecule has 0 radical (unpaired) electrons. The number of carbonyl (C=O) groups excluding carboxylic acids is 1. The SMILES string of the molecule is CC(CNC(CNC(=O)OC(C)(C)C)C1CCCC1)c1ccccc1. The smallest absolute Gasteiger partial charge is 0.407 e. The summed E-state index contributed by atoms with van der Waals surface area (Å²) in [6.45, 7) is 9.46. The number of hydrogen-bond acceptors (Lipinski definition) is 3. The Bertz CT molecular complexity index is 518. The monoisotopic (exact) mass is 346 g/mol. The van der Waals surface area contributed by atoms with Gasteiger partial charge in [0.1, 0.15) is 5.60 Å². The predicted octanol–water partition coefficient (Wildman–Crippen LogP) is 4.46. The first-order valence-electron chi connectivity index (χ1n) is 9.60. The second-order valence-corrected chi connectivity index (χ2v) is 8.25. The van der Waals surface area contributed by atoms with Gasteiger partial charge in [-0.25, -0.2) is 4.79 Å². The zero-order chi connectivity index (χ0) is 18.3. The third-order valence-electron chi connectivity index (χ3n) is 4.89. The van der Waals surface area contributed by atoms with Crippen LogP contribution in [0.5, 0.6) is 0 Å². The van der Waals surface area contributed by atoms with E-state index in [1.54, 1.807) is 0 Å². The van der Waals surface area contributed by atoms with Crippen LogP contribution < -0.4 is 10.6 Å². The Morgan fingerprint density at radius 2 is 1.80 bits per heavy atom. The highest BCUT2D eigenvalue weighted by atomic mass is 16.6. The van der Waals surface area contributed by atoms with Crippen LogP contribution in [0.25, 0.3) is 0 Å². The number of amides is 1. The second kappa shape index (κ2) is 9.23. The number of rotatable bonds is 7. The van der Waals surface area contributed by atoms with Gasteiger partial charge in [-0.05, 0) is 51.0 Å². The van der Waals surface area contributed by atoms with Gasteiger partial charge in [-0.15, -0.1) is 0 Å². The summed E-state index contributed by atoms with van der Waals surface area (Å²) in [5, 5.41) is 6.66. The fraction of sp³-hybridized carbons (Fsp3) is 0.667. The maximum absolute atomic E-state index is 12.0. The molecule has 2 N–H and O–H groups in total. The molecule has 4 heteroatoms. The van der Waals surface area contributed by atoms with Crippen molar-refractivity contribution in [3.63, 3.8) is 0 Å². The molecule has 1 saturated carbocycles. The van der Waals surface area contributed by atoms with Gasteiger partial charge >= 0.3 is 6.09 Å². The largest absolute Gasteiger partial charge is 0.444 e. The molecule has 0 aliphatic heterocycles. The summed E-state index contributed by atoms with van der Waals surface area (Å²) in [6, 6.07) is 10.9. The van der Waals surface area contributed by atoms with Gasteiger partial charge in [0.15, 0.2) is 0 Å². The third-order valence-corrected chi connectivity index (χ3v) is 4.89. The molecule has 1 fully saturated rings. The first-order chi connectivity index (χ1) is 11.8. The number of nitrogens with one attached hydrogen (secondary N) is 2. The molecule has 2 unspecified atom stereocenters. The molecule has 1 aromatic carbocycles. The standard InChI is InChI=1S/C21H34N2O2/c1-16(17-10-6-5-7-11-17)14-22-19(18-12-8-9-13-18)15-23-20(24)25-21(2,3)4/h5-7,10-11,16,18-19,22H,8-9,12-15H2,1-4H3,(H,23,24). The highest BCUT2D eigenvalue weighted by Crippen LogP contribution is 2.28. The van der Waals surface area contributed by atoms with Gasteiger partial charge in [0.25, 0.3) is 0 Å². The molecule has 1 amide bonds. The Morgan fingerprint density at radius 1 is 1.16 bits per heavy atom. The quantitative estimate of drug-likeness (QED) is 0.766. The minimum Gasteiger partial charge on any atom is -0.444 e. The lowest BCUT2D eigenvalue weighted by Gasteiger charge is -2.28. The fourth-order valence-electron chi connectivity index (χ4n) is 3.50. The average molecular weight is 347 g/mol. The Balaban J connectivity index is 1.86. The fourth-order valence-corrected chi connectivity index (χ4v) is 3.50.